The molecule has 1 aromatic carbocycles. The summed E-state index contributed by atoms with van der Waals surface area (Å²) in [6.07, 6.45) is 3.47. The van der Waals surface area contributed by atoms with E-state index in [4.69, 9.17) is 0 Å². The van der Waals surface area contributed by atoms with E-state index in [1.54, 1.807) is 22.3 Å². The summed E-state index contributed by atoms with van der Waals surface area (Å²) in [5, 5.41) is 1.99. The number of nitrogens with zero attached hydrogens (tertiary/aromatic N) is 2. The van der Waals surface area contributed by atoms with Gasteiger partial charge in [-0.2, -0.15) is 0 Å². The van der Waals surface area contributed by atoms with E-state index in [0.717, 1.165) is 4.88 Å². The number of hydrogen-bond acceptors (Lipinski definition) is 3. The van der Waals surface area contributed by atoms with Crippen molar-refractivity contribution in [1.82, 2.24) is 9.80 Å². The van der Waals surface area contributed by atoms with Crippen LogP contribution in [0.3, 0.4) is 0 Å². The van der Waals surface area contributed by atoms with Gasteiger partial charge in [0.25, 0.3) is 5.91 Å². The molecule has 0 atom stereocenters. The maximum atomic E-state index is 12.6. The minimum Gasteiger partial charge on any atom is -0.336 e. The molecule has 1 aliphatic heterocycles. The Labute approximate surface area is 158 Å². The largest absolute Gasteiger partial charge is 0.336 e. The maximum absolute atomic E-state index is 12.6. The number of benzene rings is 1. The molecule has 1 saturated heterocycles. The maximum Gasteiger partial charge on any atom is 0.253 e. The van der Waals surface area contributed by atoms with E-state index in [2.05, 4.69) is 13.8 Å². The van der Waals surface area contributed by atoms with Crippen molar-refractivity contribution in [3.8, 4) is 0 Å². The van der Waals surface area contributed by atoms with Gasteiger partial charge in [-0.25, -0.2) is 0 Å². The Morgan fingerprint density at radius 2 is 1.65 bits per heavy atom. The van der Waals surface area contributed by atoms with Gasteiger partial charge < -0.3 is 9.80 Å². The van der Waals surface area contributed by atoms with Gasteiger partial charge in [0.2, 0.25) is 5.91 Å². The fourth-order valence-corrected chi connectivity index (χ4v) is 3.59. The summed E-state index contributed by atoms with van der Waals surface area (Å²) in [5.41, 5.74) is 1.95. The average Bonchev–Trinajstić information content (AvgIpc) is 3.19. The molecule has 0 radical (unpaired) electrons. The third-order valence-corrected chi connectivity index (χ3v) is 5.47. The van der Waals surface area contributed by atoms with Crippen molar-refractivity contribution in [2.45, 2.75) is 19.8 Å². The predicted octanol–water partition coefficient (Wildman–Crippen LogP) is 3.87. The third kappa shape index (κ3) is 4.41. The Balaban J connectivity index is 1.54. The summed E-state index contributed by atoms with van der Waals surface area (Å²) < 4.78 is 0. The highest BCUT2D eigenvalue weighted by Gasteiger charge is 2.23. The number of carbonyl (C=O) groups is 2. The van der Waals surface area contributed by atoms with Gasteiger partial charge in [-0.15, -0.1) is 11.3 Å². The normalized spacial score (nSPS) is 15.0. The molecular weight excluding hydrogens is 344 g/mol. The molecule has 1 fully saturated rings. The molecule has 1 aliphatic rings. The van der Waals surface area contributed by atoms with E-state index in [9.17, 15) is 9.59 Å². The van der Waals surface area contributed by atoms with Crippen molar-refractivity contribution in [3.63, 3.8) is 0 Å². The minimum atomic E-state index is 0.00628. The summed E-state index contributed by atoms with van der Waals surface area (Å²) in [6.45, 7) is 6.57. The van der Waals surface area contributed by atoms with Crippen LogP contribution in [0.5, 0.6) is 0 Å². The van der Waals surface area contributed by atoms with Crippen LogP contribution in [0.25, 0.3) is 6.08 Å². The highest BCUT2D eigenvalue weighted by Crippen LogP contribution is 2.17. The van der Waals surface area contributed by atoms with Gasteiger partial charge >= 0.3 is 0 Å². The Morgan fingerprint density at radius 3 is 2.23 bits per heavy atom. The van der Waals surface area contributed by atoms with E-state index in [0.29, 0.717) is 37.7 Å². The van der Waals surface area contributed by atoms with E-state index in [-0.39, 0.29) is 11.8 Å². The lowest BCUT2D eigenvalue weighted by Gasteiger charge is -2.34. The lowest BCUT2D eigenvalue weighted by atomic mass is 10.0. The van der Waals surface area contributed by atoms with Crippen molar-refractivity contribution in [1.29, 1.82) is 0 Å². The minimum absolute atomic E-state index is 0.00628. The number of carbonyl (C=O) groups excluding carboxylic acids is 2. The van der Waals surface area contributed by atoms with Crippen molar-refractivity contribution in [3.05, 3.63) is 63.9 Å². The molecule has 0 saturated carbocycles. The van der Waals surface area contributed by atoms with Crippen molar-refractivity contribution in [2.24, 2.45) is 0 Å². The molecule has 0 aliphatic carbocycles. The zero-order valence-corrected chi connectivity index (χ0v) is 16.0. The highest BCUT2D eigenvalue weighted by atomic mass is 32.1. The lowest BCUT2D eigenvalue weighted by Crippen LogP contribution is -2.50. The lowest BCUT2D eigenvalue weighted by molar-refractivity contribution is -0.127. The van der Waals surface area contributed by atoms with Gasteiger partial charge in [-0.3, -0.25) is 9.59 Å². The van der Waals surface area contributed by atoms with E-state index >= 15 is 0 Å². The molecule has 0 bridgehead atoms. The summed E-state index contributed by atoms with van der Waals surface area (Å²) in [5.74, 6) is 0.504. The molecule has 26 heavy (non-hydrogen) atoms. The smallest absolute Gasteiger partial charge is 0.253 e. The zero-order valence-electron chi connectivity index (χ0n) is 15.2. The quantitative estimate of drug-likeness (QED) is 0.769. The molecule has 2 heterocycles. The van der Waals surface area contributed by atoms with Crippen LogP contribution >= 0.6 is 11.3 Å². The van der Waals surface area contributed by atoms with Crippen LogP contribution in [0.1, 0.15) is 40.6 Å². The first-order chi connectivity index (χ1) is 12.5. The molecule has 1 aromatic heterocycles. The molecule has 2 aromatic rings. The second-order valence-electron chi connectivity index (χ2n) is 6.74. The Bertz CT molecular complexity index is 771. The predicted molar refractivity (Wildman–Crippen MR) is 106 cm³/mol. The van der Waals surface area contributed by atoms with Gasteiger partial charge in [-0.1, -0.05) is 32.0 Å². The zero-order chi connectivity index (χ0) is 18.5. The van der Waals surface area contributed by atoms with Gasteiger partial charge in [0.1, 0.15) is 0 Å². The Hall–Kier alpha value is -2.40. The van der Waals surface area contributed by atoms with Crippen LogP contribution < -0.4 is 0 Å². The first-order valence-electron chi connectivity index (χ1n) is 8.94. The summed E-state index contributed by atoms with van der Waals surface area (Å²) >= 11 is 1.61. The van der Waals surface area contributed by atoms with Gasteiger partial charge in [0, 0.05) is 42.7 Å². The number of hydrogen-bond donors (Lipinski definition) is 0. The fourth-order valence-electron chi connectivity index (χ4n) is 2.97. The second kappa shape index (κ2) is 8.32. The van der Waals surface area contributed by atoms with Crippen LogP contribution in [0.4, 0.5) is 0 Å². The molecule has 0 spiro atoms. The molecule has 4 nitrogen and oxygen atoms in total. The van der Waals surface area contributed by atoms with E-state index in [1.165, 1.54) is 5.56 Å². The van der Waals surface area contributed by atoms with Crippen LogP contribution in [-0.2, 0) is 4.79 Å². The van der Waals surface area contributed by atoms with E-state index in [1.807, 2.05) is 52.8 Å². The molecule has 0 N–H and O–H groups in total. The van der Waals surface area contributed by atoms with Crippen molar-refractivity contribution in [2.75, 3.05) is 26.2 Å². The van der Waals surface area contributed by atoms with Gasteiger partial charge in [0.15, 0.2) is 0 Å². The monoisotopic (exact) mass is 368 g/mol. The number of piperazine rings is 1. The van der Waals surface area contributed by atoms with Crippen LogP contribution in [0, 0.1) is 0 Å². The third-order valence-electron chi connectivity index (χ3n) is 4.64. The summed E-state index contributed by atoms with van der Waals surface area (Å²) in [7, 11) is 0. The molecule has 5 heteroatoms. The molecule has 3 rings (SSSR count). The molecule has 0 unspecified atom stereocenters. The van der Waals surface area contributed by atoms with Crippen molar-refractivity contribution < 1.29 is 9.59 Å². The standard InChI is InChI=1S/C21H24N2O2S/c1-16(2)17-5-7-18(8-6-17)21(25)23-13-11-22(12-14-23)20(24)10-9-19-4-3-15-26-19/h3-10,15-16H,11-14H2,1-2H3/b10-9+. The Kier molecular flexibility index (Phi) is 5.89. The number of thiophene rings is 1. The number of amides is 2. The first kappa shape index (κ1) is 18.4. The highest BCUT2D eigenvalue weighted by molar-refractivity contribution is 7.10. The second-order valence-corrected chi connectivity index (χ2v) is 7.72. The van der Waals surface area contributed by atoms with Crippen molar-refractivity contribution >= 4 is 29.2 Å². The first-order valence-corrected chi connectivity index (χ1v) is 9.82. The van der Waals surface area contributed by atoms with Crippen LogP contribution in [-0.4, -0.2) is 47.8 Å². The van der Waals surface area contributed by atoms with Gasteiger partial charge in [-0.05, 0) is 41.1 Å². The van der Waals surface area contributed by atoms with Gasteiger partial charge in [0.05, 0.1) is 0 Å². The molecule has 2 amide bonds. The fraction of sp³-hybridized carbons (Fsp3) is 0.333. The number of rotatable bonds is 4. The van der Waals surface area contributed by atoms with E-state index < -0.39 is 0 Å². The van der Waals surface area contributed by atoms with Crippen LogP contribution in [0.15, 0.2) is 47.9 Å². The summed E-state index contributed by atoms with van der Waals surface area (Å²) in [4.78, 5) is 29.6. The average molecular weight is 369 g/mol. The van der Waals surface area contributed by atoms with Crippen LogP contribution in [0.2, 0.25) is 0 Å². The molecule has 136 valence electrons. The topological polar surface area (TPSA) is 40.6 Å². The Morgan fingerprint density at radius 1 is 1.00 bits per heavy atom. The molecular formula is C21H24N2O2S. The SMILES string of the molecule is CC(C)c1ccc(C(=O)N2CCN(C(=O)/C=C/c3cccs3)CC2)cc1. The summed E-state index contributed by atoms with van der Waals surface area (Å²) in [6, 6.07) is 11.8.